The first kappa shape index (κ1) is 21.5. The van der Waals surface area contributed by atoms with Crippen molar-refractivity contribution in [3.05, 3.63) is 55.0 Å². The minimum Gasteiger partial charge on any atom is -0.394 e. The van der Waals surface area contributed by atoms with Gasteiger partial charge in [-0.1, -0.05) is 15.9 Å². The third kappa shape index (κ3) is 4.17. The Morgan fingerprint density at radius 2 is 1.93 bits per heavy atom. The van der Waals surface area contributed by atoms with Crippen molar-refractivity contribution in [2.75, 3.05) is 19.8 Å². The van der Waals surface area contributed by atoms with Crippen LogP contribution in [0.5, 0.6) is 0 Å². The van der Waals surface area contributed by atoms with Crippen LogP contribution in [0.1, 0.15) is 36.7 Å². The van der Waals surface area contributed by atoms with Crippen molar-refractivity contribution in [2.24, 2.45) is 0 Å². The second-order valence-electron chi connectivity index (χ2n) is 7.66. The smallest absolute Gasteiger partial charge is 0.264 e. The van der Waals surface area contributed by atoms with Crippen LogP contribution in [0.4, 0.5) is 0 Å². The molecule has 30 heavy (non-hydrogen) atoms. The van der Waals surface area contributed by atoms with Crippen LogP contribution in [0, 0.1) is 0 Å². The van der Waals surface area contributed by atoms with Gasteiger partial charge in [0.15, 0.2) is 0 Å². The normalized spacial score (nSPS) is 14.1. The standard InChI is InChI=1S/C21H21BrN2O4S2/c1-21(10-25,11-26)23-19(27)17-8-13-9-24(5-4-16(13)29-17)20(28)18-7-12-6-14(22)2-3-15(12)30-18/h2-3,6-8,25-26H,4-5,9-11H2,1H3,(H,23,27). The molecule has 0 bridgehead atoms. The highest BCUT2D eigenvalue weighted by Crippen LogP contribution is 2.32. The molecule has 6 nitrogen and oxygen atoms in total. The van der Waals surface area contributed by atoms with Gasteiger partial charge in [-0.05, 0) is 54.6 Å². The number of rotatable bonds is 5. The van der Waals surface area contributed by atoms with Crippen molar-refractivity contribution in [2.45, 2.75) is 25.4 Å². The summed E-state index contributed by atoms with van der Waals surface area (Å²) in [5, 5.41) is 22.5. The number of carbonyl (C=O) groups is 2. The summed E-state index contributed by atoms with van der Waals surface area (Å²) in [7, 11) is 0. The van der Waals surface area contributed by atoms with E-state index in [0.717, 1.165) is 25.0 Å². The molecule has 0 saturated carbocycles. The van der Waals surface area contributed by atoms with Crippen LogP contribution in [0.15, 0.2) is 34.8 Å². The molecule has 2 amide bonds. The number of aliphatic hydroxyl groups is 2. The molecule has 1 aliphatic rings. The van der Waals surface area contributed by atoms with E-state index >= 15 is 0 Å². The highest BCUT2D eigenvalue weighted by Gasteiger charge is 2.29. The number of halogens is 1. The number of thiophene rings is 2. The Labute approximate surface area is 190 Å². The highest BCUT2D eigenvalue weighted by atomic mass is 79.9. The predicted octanol–water partition coefficient (Wildman–Crippen LogP) is 3.40. The third-order valence-electron chi connectivity index (χ3n) is 5.18. The average molecular weight is 509 g/mol. The van der Waals surface area contributed by atoms with Gasteiger partial charge in [-0.15, -0.1) is 22.7 Å². The minimum atomic E-state index is -1.07. The van der Waals surface area contributed by atoms with Crippen LogP contribution in [0.3, 0.4) is 0 Å². The van der Waals surface area contributed by atoms with Crippen LogP contribution in [0.25, 0.3) is 10.1 Å². The van der Waals surface area contributed by atoms with Gasteiger partial charge in [0.1, 0.15) is 0 Å². The summed E-state index contributed by atoms with van der Waals surface area (Å²) < 4.78 is 2.06. The van der Waals surface area contributed by atoms with Crippen LogP contribution >= 0.6 is 38.6 Å². The number of nitrogens with one attached hydrogen (secondary N) is 1. The Morgan fingerprint density at radius 3 is 2.67 bits per heavy atom. The molecule has 0 radical (unpaired) electrons. The summed E-state index contributed by atoms with van der Waals surface area (Å²) in [4.78, 5) is 29.8. The molecular formula is C21H21BrN2O4S2. The van der Waals surface area contributed by atoms with E-state index in [-0.39, 0.29) is 25.0 Å². The molecule has 0 saturated heterocycles. The van der Waals surface area contributed by atoms with Crippen LogP contribution in [-0.2, 0) is 13.0 Å². The minimum absolute atomic E-state index is 0.00306. The predicted molar refractivity (Wildman–Crippen MR) is 122 cm³/mol. The quantitative estimate of drug-likeness (QED) is 0.492. The van der Waals surface area contributed by atoms with Gasteiger partial charge in [0.25, 0.3) is 11.8 Å². The Morgan fingerprint density at radius 1 is 1.17 bits per heavy atom. The summed E-state index contributed by atoms with van der Waals surface area (Å²) in [5.74, 6) is -0.323. The number of fused-ring (bicyclic) bond motifs is 2. The molecule has 158 valence electrons. The second-order valence-corrected chi connectivity index (χ2v) is 10.8. The molecule has 4 rings (SSSR count). The maximum Gasteiger partial charge on any atom is 0.264 e. The first-order valence-electron chi connectivity index (χ1n) is 9.46. The molecule has 1 aromatic carbocycles. The van der Waals surface area contributed by atoms with Crippen molar-refractivity contribution < 1.29 is 19.8 Å². The van der Waals surface area contributed by atoms with Crippen LogP contribution < -0.4 is 5.32 Å². The molecule has 0 aliphatic carbocycles. The first-order valence-corrected chi connectivity index (χ1v) is 11.9. The topological polar surface area (TPSA) is 89.9 Å². The van der Waals surface area contributed by atoms with Crippen molar-refractivity contribution in [1.29, 1.82) is 0 Å². The Kier molecular flexibility index (Phi) is 6.00. The second kappa shape index (κ2) is 8.39. The zero-order chi connectivity index (χ0) is 21.5. The Balaban J connectivity index is 1.50. The monoisotopic (exact) mass is 508 g/mol. The average Bonchev–Trinajstić information content (AvgIpc) is 3.36. The van der Waals surface area contributed by atoms with Gasteiger partial charge in [-0.25, -0.2) is 0 Å². The van der Waals surface area contributed by atoms with Crippen LogP contribution in [0.2, 0.25) is 0 Å². The molecule has 0 fully saturated rings. The largest absolute Gasteiger partial charge is 0.394 e. The van der Waals surface area contributed by atoms with Gasteiger partial charge >= 0.3 is 0 Å². The zero-order valence-electron chi connectivity index (χ0n) is 16.3. The maximum atomic E-state index is 13.1. The van der Waals surface area contributed by atoms with E-state index in [1.54, 1.807) is 6.92 Å². The molecule has 3 heterocycles. The molecule has 2 aromatic heterocycles. The number of amides is 2. The van der Waals surface area contributed by atoms with E-state index in [4.69, 9.17) is 0 Å². The summed E-state index contributed by atoms with van der Waals surface area (Å²) in [6.07, 6.45) is 0.701. The number of carbonyl (C=O) groups excluding carboxylic acids is 2. The fourth-order valence-corrected chi connectivity index (χ4v) is 5.81. The van der Waals surface area contributed by atoms with Crippen molar-refractivity contribution in [1.82, 2.24) is 10.2 Å². The Hall–Kier alpha value is -1.78. The molecule has 0 atom stereocenters. The lowest BCUT2D eigenvalue weighted by Crippen LogP contribution is -2.51. The fourth-order valence-electron chi connectivity index (χ4n) is 3.36. The number of hydrogen-bond acceptors (Lipinski definition) is 6. The van der Waals surface area contributed by atoms with E-state index < -0.39 is 5.54 Å². The zero-order valence-corrected chi connectivity index (χ0v) is 19.5. The summed E-state index contributed by atoms with van der Waals surface area (Å²) >= 11 is 6.36. The van der Waals surface area contributed by atoms with Crippen molar-refractivity contribution in [3.8, 4) is 0 Å². The molecule has 0 spiro atoms. The van der Waals surface area contributed by atoms with Gasteiger partial charge in [0, 0.05) is 27.1 Å². The van der Waals surface area contributed by atoms with Crippen LogP contribution in [-0.4, -0.2) is 52.2 Å². The van der Waals surface area contributed by atoms with E-state index in [0.29, 0.717) is 29.3 Å². The molecule has 1 aliphatic heterocycles. The summed E-state index contributed by atoms with van der Waals surface area (Å²) in [6, 6.07) is 9.72. The van der Waals surface area contributed by atoms with Gasteiger partial charge in [0.2, 0.25) is 0 Å². The van der Waals surface area contributed by atoms with E-state index in [9.17, 15) is 19.8 Å². The maximum absolute atomic E-state index is 13.1. The number of benzene rings is 1. The van der Waals surface area contributed by atoms with E-state index in [1.165, 1.54) is 22.7 Å². The van der Waals surface area contributed by atoms with Gasteiger partial charge in [-0.3, -0.25) is 9.59 Å². The molecular weight excluding hydrogens is 488 g/mol. The van der Waals surface area contributed by atoms with Gasteiger partial charge < -0.3 is 20.4 Å². The third-order valence-corrected chi connectivity index (χ3v) is 8.01. The van der Waals surface area contributed by atoms with Crippen molar-refractivity contribution in [3.63, 3.8) is 0 Å². The summed E-state index contributed by atoms with van der Waals surface area (Å²) in [5.41, 5.74) is -0.0944. The first-order chi connectivity index (χ1) is 14.3. The highest BCUT2D eigenvalue weighted by molar-refractivity contribution is 9.10. The number of hydrogen-bond donors (Lipinski definition) is 3. The fraction of sp³-hybridized carbons (Fsp3) is 0.333. The lowest BCUT2D eigenvalue weighted by molar-refractivity contribution is 0.0727. The molecule has 9 heteroatoms. The lowest BCUT2D eigenvalue weighted by Gasteiger charge is -2.26. The van der Waals surface area contributed by atoms with Crippen molar-refractivity contribution >= 4 is 60.5 Å². The lowest BCUT2D eigenvalue weighted by atomic mass is 10.1. The van der Waals surface area contributed by atoms with Gasteiger partial charge in [0.05, 0.1) is 28.5 Å². The molecule has 3 N–H and O–H groups in total. The van der Waals surface area contributed by atoms with E-state index in [1.807, 2.05) is 35.2 Å². The SMILES string of the molecule is CC(CO)(CO)NC(=O)c1cc2c(s1)CCN(C(=O)c1cc3cc(Br)ccc3s1)C2. The number of nitrogens with zero attached hydrogens (tertiary/aromatic N) is 1. The van der Waals surface area contributed by atoms with Gasteiger partial charge in [-0.2, -0.15) is 0 Å². The summed E-state index contributed by atoms with van der Waals surface area (Å²) in [6.45, 7) is 1.95. The Bertz CT molecular complexity index is 1120. The molecule has 0 unspecified atom stereocenters. The number of aliphatic hydroxyl groups excluding tert-OH is 2. The molecule has 3 aromatic rings. The van der Waals surface area contributed by atoms with E-state index in [2.05, 4.69) is 21.2 Å².